The van der Waals surface area contributed by atoms with Gasteiger partial charge in [-0.25, -0.2) is 0 Å². The molecule has 27 heavy (non-hydrogen) atoms. The summed E-state index contributed by atoms with van der Waals surface area (Å²) in [6.07, 6.45) is 0. The molecule has 0 saturated carbocycles. The Labute approximate surface area is 164 Å². The summed E-state index contributed by atoms with van der Waals surface area (Å²) < 4.78 is 0. The van der Waals surface area contributed by atoms with E-state index >= 15 is 0 Å². The van der Waals surface area contributed by atoms with Crippen molar-refractivity contribution >= 4 is 47.4 Å². The van der Waals surface area contributed by atoms with Gasteiger partial charge < -0.3 is 43.4 Å². The van der Waals surface area contributed by atoms with E-state index in [0.717, 1.165) is 23.5 Å². The Morgan fingerprint density at radius 3 is 1.33 bits per heavy atom. The third-order valence-electron chi connectivity index (χ3n) is 2.73. The summed E-state index contributed by atoms with van der Waals surface area (Å²) in [5.74, 6) is -3.82. The fourth-order valence-electron chi connectivity index (χ4n) is 0.995. The number of carboxylic acid groups (broad SMARTS) is 4. The molecule has 0 aromatic heterocycles. The lowest BCUT2D eigenvalue weighted by Gasteiger charge is -2.18. The smallest absolute Gasteiger partial charge is 0.324 e. The maximum atomic E-state index is 10.5. The molecule has 0 aliphatic carbocycles. The quantitative estimate of drug-likeness (QED) is 0.159. The van der Waals surface area contributed by atoms with Gasteiger partial charge in [-0.2, -0.15) is 23.5 Å². The minimum Gasteiger partial charge on any atom is -0.480 e. The lowest BCUT2D eigenvalue weighted by Crippen LogP contribution is -2.47. The Morgan fingerprint density at radius 1 is 0.778 bits per heavy atom. The molecule has 0 aromatic rings. The van der Waals surface area contributed by atoms with Crippen molar-refractivity contribution in [3.63, 3.8) is 0 Å². The largest absolute Gasteiger partial charge is 0.480 e. The first-order valence-corrected chi connectivity index (χ1v) is 9.66. The van der Waals surface area contributed by atoms with Crippen LogP contribution < -0.4 is 22.9 Å². The van der Waals surface area contributed by atoms with Crippen molar-refractivity contribution in [1.82, 2.24) is 0 Å². The van der Waals surface area contributed by atoms with Crippen LogP contribution in [-0.4, -0.2) is 91.0 Å². The Morgan fingerprint density at radius 2 is 1.07 bits per heavy atom. The monoisotopic (exact) mass is 430 g/mol. The summed E-state index contributed by atoms with van der Waals surface area (Å²) >= 11 is 2.23. The summed E-state index contributed by atoms with van der Waals surface area (Å²) in [5, 5.41) is 33.8. The molecule has 0 spiro atoms. The normalized spacial score (nSPS) is 16.0. The van der Waals surface area contributed by atoms with E-state index in [-0.39, 0.29) is 23.0 Å². The maximum Gasteiger partial charge on any atom is 0.324 e. The zero-order valence-corrected chi connectivity index (χ0v) is 16.2. The molecule has 0 amide bonds. The number of carbonyl (C=O) groups is 4. The van der Waals surface area contributed by atoms with E-state index in [0.29, 0.717) is 0 Å². The summed E-state index contributed by atoms with van der Waals surface area (Å²) in [7, 11) is 0. The molecule has 0 saturated heterocycles. The highest BCUT2D eigenvalue weighted by molar-refractivity contribution is 7.99. The molecule has 0 heterocycles. The fraction of sp³-hybridized carbons (Fsp3) is 0.692. The van der Waals surface area contributed by atoms with Crippen molar-refractivity contribution in [3.05, 3.63) is 0 Å². The molecule has 0 aromatic carbocycles. The van der Waals surface area contributed by atoms with Gasteiger partial charge in [0.1, 0.15) is 23.7 Å². The van der Waals surface area contributed by atoms with Crippen LogP contribution in [0.2, 0.25) is 0 Å². The highest BCUT2D eigenvalue weighted by Gasteiger charge is 2.28. The van der Waals surface area contributed by atoms with Crippen LogP contribution in [0.4, 0.5) is 0 Å². The lowest BCUT2D eigenvalue weighted by molar-refractivity contribution is -0.142. The number of rotatable bonds is 12. The van der Waals surface area contributed by atoms with Crippen LogP contribution in [0.1, 0.15) is 6.92 Å². The predicted octanol–water partition coefficient (Wildman–Crippen LogP) is -2.52. The first-order chi connectivity index (χ1) is 12.2. The summed E-state index contributed by atoms with van der Waals surface area (Å²) in [6, 6.07) is -2.92. The van der Waals surface area contributed by atoms with Gasteiger partial charge in [-0.1, -0.05) is 0 Å². The summed E-state index contributed by atoms with van der Waals surface area (Å²) in [4.78, 5) is 41.3. The second kappa shape index (κ2) is 13.6. The van der Waals surface area contributed by atoms with Gasteiger partial charge in [-0.05, 0) is 6.92 Å². The van der Waals surface area contributed by atoms with Crippen LogP contribution in [0.25, 0.3) is 0 Å². The van der Waals surface area contributed by atoms with Crippen LogP contribution in [0.3, 0.4) is 0 Å². The topological polar surface area (TPSA) is 253 Å². The van der Waals surface area contributed by atoms with Gasteiger partial charge in [0.2, 0.25) is 0 Å². The van der Waals surface area contributed by atoms with Crippen LogP contribution in [0, 0.1) is 0 Å². The molecule has 0 rings (SSSR count). The number of nitrogens with two attached hydrogens (primary N) is 4. The van der Waals surface area contributed by atoms with Crippen LogP contribution in [-0.2, 0) is 19.2 Å². The third kappa shape index (κ3) is 14.2. The Kier molecular flexibility index (Phi) is 13.9. The highest BCUT2D eigenvalue weighted by Crippen LogP contribution is 2.11. The van der Waals surface area contributed by atoms with E-state index in [9.17, 15) is 19.2 Å². The molecule has 12 N–H and O–H groups in total. The molecule has 0 bridgehead atoms. The number of thioether (sulfide) groups is 2. The zero-order valence-electron chi connectivity index (χ0n) is 14.6. The van der Waals surface area contributed by atoms with E-state index in [4.69, 9.17) is 43.4 Å². The molecule has 4 atom stereocenters. The molecule has 158 valence electrons. The number of hydrogen-bond donors (Lipinski definition) is 8. The molecule has 0 radical (unpaired) electrons. The van der Waals surface area contributed by atoms with E-state index < -0.39 is 47.5 Å². The molecular weight excluding hydrogens is 404 g/mol. The Bertz CT molecular complexity index is 501. The van der Waals surface area contributed by atoms with E-state index in [1.54, 1.807) is 0 Å². The van der Waals surface area contributed by atoms with Crippen LogP contribution in [0.5, 0.6) is 0 Å². The second-order valence-electron chi connectivity index (χ2n) is 5.61. The fourth-order valence-corrected chi connectivity index (χ4v) is 2.99. The van der Waals surface area contributed by atoms with E-state index in [2.05, 4.69) is 0 Å². The van der Waals surface area contributed by atoms with Crippen molar-refractivity contribution in [2.45, 2.75) is 30.6 Å². The van der Waals surface area contributed by atoms with Gasteiger partial charge in [-0.15, -0.1) is 0 Å². The molecular formula is C13H26N4O8S2. The standard InChI is InChI=1S/C7H14N2O4S.C6H12N2O4S/c1-7(9,6(12)13)3-14-2-4(8)5(10)11;7-3(5(9)10)1-13-2-4(8)6(11)12/h4H,2-3,8-9H2,1H3,(H,10,11)(H,12,13);3-4H,1-2,7-8H2,(H,9,10)(H,11,12). The van der Waals surface area contributed by atoms with Crippen molar-refractivity contribution in [2.24, 2.45) is 22.9 Å². The van der Waals surface area contributed by atoms with Crippen molar-refractivity contribution in [1.29, 1.82) is 0 Å². The van der Waals surface area contributed by atoms with Crippen molar-refractivity contribution in [3.8, 4) is 0 Å². The highest BCUT2D eigenvalue weighted by atomic mass is 32.2. The van der Waals surface area contributed by atoms with E-state index in [1.165, 1.54) is 6.92 Å². The minimum atomic E-state index is -1.34. The van der Waals surface area contributed by atoms with Crippen LogP contribution in [0.15, 0.2) is 0 Å². The van der Waals surface area contributed by atoms with Crippen LogP contribution >= 0.6 is 23.5 Å². The molecule has 12 nitrogen and oxygen atoms in total. The number of carboxylic acids is 4. The van der Waals surface area contributed by atoms with Gasteiger partial charge in [0, 0.05) is 23.0 Å². The van der Waals surface area contributed by atoms with Crippen molar-refractivity contribution in [2.75, 3.05) is 23.0 Å². The second-order valence-corrected chi connectivity index (χ2v) is 7.71. The first-order valence-electron chi connectivity index (χ1n) is 7.35. The average molecular weight is 431 g/mol. The van der Waals surface area contributed by atoms with Crippen molar-refractivity contribution < 1.29 is 39.6 Å². The van der Waals surface area contributed by atoms with Gasteiger partial charge in [0.05, 0.1) is 0 Å². The Hall–Kier alpha value is -1.58. The SMILES string of the molecule is CC(N)(CSCC(N)C(=O)O)C(=O)O.NC(CSCC(N)C(=O)O)C(=O)O. The van der Waals surface area contributed by atoms with Gasteiger partial charge >= 0.3 is 23.9 Å². The molecule has 0 aliphatic rings. The first kappa shape index (κ1) is 27.6. The summed E-state index contributed by atoms with van der Waals surface area (Å²) in [5.41, 5.74) is 19.6. The van der Waals surface area contributed by atoms with Gasteiger partial charge in [0.15, 0.2) is 0 Å². The average Bonchev–Trinajstić information content (AvgIpc) is 2.54. The van der Waals surface area contributed by atoms with Gasteiger partial charge in [-0.3, -0.25) is 19.2 Å². The Balaban J connectivity index is 0. The minimum absolute atomic E-state index is 0.128. The molecule has 0 fully saturated rings. The third-order valence-corrected chi connectivity index (χ3v) is 5.32. The number of aliphatic carboxylic acids is 4. The number of hydrogen-bond acceptors (Lipinski definition) is 10. The predicted molar refractivity (Wildman–Crippen MR) is 102 cm³/mol. The maximum absolute atomic E-state index is 10.5. The zero-order chi connectivity index (χ0) is 21.8. The molecule has 14 heteroatoms. The molecule has 0 aliphatic heterocycles. The van der Waals surface area contributed by atoms with Gasteiger partial charge in [0.25, 0.3) is 0 Å². The summed E-state index contributed by atoms with van der Waals surface area (Å²) in [6.45, 7) is 1.37. The lowest BCUT2D eigenvalue weighted by atomic mass is 10.1. The van der Waals surface area contributed by atoms with E-state index in [1.807, 2.05) is 0 Å². The molecule has 4 unspecified atom stereocenters.